The van der Waals surface area contributed by atoms with Gasteiger partial charge in [0.05, 0.1) is 0 Å². The van der Waals surface area contributed by atoms with Crippen LogP contribution in [0, 0.1) is 0 Å². The Kier molecular flexibility index (Phi) is 7.43. The summed E-state index contributed by atoms with van der Waals surface area (Å²) in [6, 6.07) is 0. The fourth-order valence-electron chi connectivity index (χ4n) is 0.980. The highest BCUT2D eigenvalue weighted by Gasteiger charge is 1.91. The van der Waals surface area contributed by atoms with Gasteiger partial charge in [0.2, 0.25) is 0 Å². The summed E-state index contributed by atoms with van der Waals surface area (Å²) in [7, 11) is 1.77. The van der Waals surface area contributed by atoms with E-state index in [1.165, 1.54) is 11.1 Å². The largest absolute Gasteiger partial charge is 0.297 e. The molecular weight excluding hydrogens is 170 g/mol. The lowest BCUT2D eigenvalue weighted by atomic mass is 10.1. The Bertz CT molecular complexity index is 288. The van der Waals surface area contributed by atoms with Gasteiger partial charge in [-0.15, -0.1) is 0 Å². The summed E-state index contributed by atoms with van der Waals surface area (Å²) in [6.45, 7) is 6.11. The smallest absolute Gasteiger partial charge is 0.0277 e. The fraction of sp³-hybridized carbons (Fsp3) is 0.308. The van der Waals surface area contributed by atoms with Crippen molar-refractivity contribution in [2.24, 2.45) is 4.99 Å². The first-order chi connectivity index (χ1) is 6.76. The summed E-state index contributed by atoms with van der Waals surface area (Å²) in [5, 5.41) is 0. The number of hydrogen-bond donors (Lipinski definition) is 0. The minimum atomic E-state index is 1.21. The Labute approximate surface area is 87.3 Å². The van der Waals surface area contributed by atoms with Crippen molar-refractivity contribution < 1.29 is 0 Å². The summed E-state index contributed by atoms with van der Waals surface area (Å²) in [4.78, 5) is 3.93. The van der Waals surface area contributed by atoms with Crippen LogP contribution in [0.4, 0.5) is 0 Å². The Balaban J connectivity index is 4.82. The van der Waals surface area contributed by atoms with Crippen LogP contribution in [-0.4, -0.2) is 13.3 Å². The maximum atomic E-state index is 3.93. The minimum absolute atomic E-state index is 1.21. The van der Waals surface area contributed by atoms with Crippen LogP contribution in [0.1, 0.15) is 20.8 Å². The Morgan fingerprint density at radius 3 is 2.29 bits per heavy atom. The third kappa shape index (κ3) is 5.31. The molecule has 0 aromatic heterocycles. The predicted molar refractivity (Wildman–Crippen MR) is 65.9 cm³/mol. The van der Waals surface area contributed by atoms with Gasteiger partial charge in [-0.2, -0.15) is 0 Å². The van der Waals surface area contributed by atoms with E-state index >= 15 is 0 Å². The molecule has 0 heterocycles. The van der Waals surface area contributed by atoms with Crippen LogP contribution >= 0.6 is 0 Å². The van der Waals surface area contributed by atoms with Gasteiger partial charge in [-0.1, -0.05) is 30.4 Å². The lowest BCUT2D eigenvalue weighted by molar-refractivity contribution is 1.41. The third-order valence-corrected chi connectivity index (χ3v) is 1.74. The van der Waals surface area contributed by atoms with Gasteiger partial charge in [0.25, 0.3) is 0 Å². The molecule has 0 bridgehead atoms. The highest BCUT2D eigenvalue weighted by Crippen LogP contribution is 2.10. The van der Waals surface area contributed by atoms with Crippen molar-refractivity contribution in [2.45, 2.75) is 20.8 Å². The second kappa shape index (κ2) is 8.24. The van der Waals surface area contributed by atoms with Crippen molar-refractivity contribution >= 4 is 6.21 Å². The summed E-state index contributed by atoms with van der Waals surface area (Å²) >= 11 is 0. The SMILES string of the molecule is C\C=C/C=C(\C=C/C)C(/C)=C\C=N/C. The number of aliphatic imine (C=N–C) groups is 1. The Hall–Kier alpha value is -1.37. The summed E-state index contributed by atoms with van der Waals surface area (Å²) in [5.41, 5.74) is 2.43. The third-order valence-electron chi connectivity index (χ3n) is 1.74. The first-order valence-electron chi connectivity index (χ1n) is 4.81. The molecule has 0 saturated carbocycles. The Morgan fingerprint density at radius 2 is 1.79 bits per heavy atom. The van der Waals surface area contributed by atoms with Crippen LogP contribution in [0.25, 0.3) is 0 Å². The van der Waals surface area contributed by atoms with Crippen molar-refractivity contribution in [3.63, 3.8) is 0 Å². The normalized spacial score (nSPS) is 15.1. The molecular formula is C13H19N. The van der Waals surface area contributed by atoms with E-state index in [0.717, 1.165) is 0 Å². The average Bonchev–Trinajstić information content (AvgIpc) is 2.20. The molecule has 0 unspecified atom stereocenters. The van der Waals surface area contributed by atoms with E-state index in [-0.39, 0.29) is 0 Å². The van der Waals surface area contributed by atoms with Gasteiger partial charge >= 0.3 is 0 Å². The molecule has 1 nitrogen and oxygen atoms in total. The molecule has 0 aromatic rings. The van der Waals surface area contributed by atoms with E-state index in [4.69, 9.17) is 0 Å². The molecule has 0 rings (SSSR count). The molecule has 0 N–H and O–H groups in total. The van der Waals surface area contributed by atoms with Gasteiger partial charge in [-0.05, 0) is 38.0 Å². The van der Waals surface area contributed by atoms with Gasteiger partial charge < -0.3 is 0 Å². The van der Waals surface area contributed by atoms with Crippen LogP contribution in [0.5, 0.6) is 0 Å². The average molecular weight is 189 g/mol. The molecule has 76 valence electrons. The first kappa shape index (κ1) is 12.6. The van der Waals surface area contributed by atoms with E-state index in [2.05, 4.69) is 24.1 Å². The van der Waals surface area contributed by atoms with Gasteiger partial charge in [-0.3, -0.25) is 4.99 Å². The zero-order valence-electron chi connectivity index (χ0n) is 9.49. The predicted octanol–water partition coefficient (Wildman–Crippen LogP) is 3.71. The van der Waals surface area contributed by atoms with Gasteiger partial charge in [-0.25, -0.2) is 0 Å². The standard InChI is InChI=1S/C13H19N/c1-5-7-9-13(8-6-2)12(3)10-11-14-4/h5-11H,1-4H3/b7-5-,8-6-,12-10-,13-9+,14-11-. The molecule has 0 radical (unpaired) electrons. The molecule has 0 aliphatic carbocycles. The topological polar surface area (TPSA) is 12.4 Å². The van der Waals surface area contributed by atoms with Crippen molar-refractivity contribution in [1.29, 1.82) is 0 Å². The molecule has 0 atom stereocenters. The highest BCUT2D eigenvalue weighted by molar-refractivity contribution is 5.73. The number of hydrogen-bond acceptors (Lipinski definition) is 1. The van der Waals surface area contributed by atoms with E-state index < -0.39 is 0 Å². The number of allylic oxidation sites excluding steroid dienone is 8. The summed E-state index contributed by atoms with van der Waals surface area (Å²) in [5.74, 6) is 0. The van der Waals surface area contributed by atoms with Crippen LogP contribution in [-0.2, 0) is 0 Å². The molecule has 0 amide bonds. The van der Waals surface area contributed by atoms with Crippen molar-refractivity contribution in [1.82, 2.24) is 0 Å². The zero-order chi connectivity index (χ0) is 10.8. The van der Waals surface area contributed by atoms with Crippen LogP contribution in [0.2, 0.25) is 0 Å². The van der Waals surface area contributed by atoms with E-state index in [1.807, 2.05) is 44.4 Å². The fourth-order valence-corrected chi connectivity index (χ4v) is 0.980. The summed E-state index contributed by atoms with van der Waals surface area (Å²) < 4.78 is 0. The molecule has 0 aromatic carbocycles. The lowest BCUT2D eigenvalue weighted by Crippen LogP contribution is -1.81. The molecule has 0 spiro atoms. The molecule has 0 aliphatic heterocycles. The maximum absolute atomic E-state index is 3.93. The second-order valence-corrected chi connectivity index (χ2v) is 2.90. The second-order valence-electron chi connectivity index (χ2n) is 2.90. The quantitative estimate of drug-likeness (QED) is 0.472. The maximum Gasteiger partial charge on any atom is 0.0277 e. The van der Waals surface area contributed by atoms with Crippen molar-refractivity contribution in [2.75, 3.05) is 7.05 Å². The number of nitrogens with zero attached hydrogens (tertiary/aromatic N) is 1. The molecule has 14 heavy (non-hydrogen) atoms. The van der Waals surface area contributed by atoms with Crippen molar-refractivity contribution in [3.8, 4) is 0 Å². The Morgan fingerprint density at radius 1 is 1.07 bits per heavy atom. The molecule has 0 saturated heterocycles. The zero-order valence-corrected chi connectivity index (χ0v) is 9.49. The van der Waals surface area contributed by atoms with E-state index in [9.17, 15) is 0 Å². The van der Waals surface area contributed by atoms with Gasteiger partial charge in [0.1, 0.15) is 0 Å². The highest BCUT2D eigenvalue weighted by atomic mass is 14.6. The van der Waals surface area contributed by atoms with Crippen LogP contribution in [0.3, 0.4) is 0 Å². The van der Waals surface area contributed by atoms with Crippen molar-refractivity contribution in [3.05, 3.63) is 47.6 Å². The molecule has 0 aliphatic rings. The van der Waals surface area contributed by atoms with E-state index in [1.54, 1.807) is 7.05 Å². The van der Waals surface area contributed by atoms with Gasteiger partial charge in [0, 0.05) is 13.3 Å². The monoisotopic (exact) mass is 189 g/mol. The molecule has 1 heteroatoms. The summed E-state index contributed by atoms with van der Waals surface area (Å²) in [6.07, 6.45) is 14.1. The van der Waals surface area contributed by atoms with Gasteiger partial charge in [0.15, 0.2) is 0 Å². The number of rotatable bonds is 4. The van der Waals surface area contributed by atoms with E-state index in [0.29, 0.717) is 0 Å². The lowest BCUT2D eigenvalue weighted by Gasteiger charge is -1.99. The minimum Gasteiger partial charge on any atom is -0.297 e. The first-order valence-corrected chi connectivity index (χ1v) is 4.81. The van der Waals surface area contributed by atoms with Crippen LogP contribution < -0.4 is 0 Å². The van der Waals surface area contributed by atoms with Crippen LogP contribution in [0.15, 0.2) is 52.6 Å². The molecule has 0 fully saturated rings.